The van der Waals surface area contributed by atoms with E-state index in [0.717, 1.165) is 31.0 Å². The molecule has 2 nitrogen and oxygen atoms in total. The molecule has 0 aromatic carbocycles. The van der Waals surface area contributed by atoms with Crippen LogP contribution in [0.1, 0.15) is 65.2 Å². The molecule has 2 heteroatoms. The van der Waals surface area contributed by atoms with E-state index in [9.17, 15) is 0 Å². The summed E-state index contributed by atoms with van der Waals surface area (Å²) in [5.41, 5.74) is 0. The number of rotatable bonds is 8. The number of hydrogen-bond acceptors (Lipinski definition) is 2. The van der Waals surface area contributed by atoms with Crippen molar-refractivity contribution in [3.8, 4) is 0 Å². The lowest BCUT2D eigenvalue weighted by molar-refractivity contribution is 0.0116. The third-order valence-corrected chi connectivity index (χ3v) is 4.43. The molecule has 0 bridgehead atoms. The average molecular weight is 253 g/mol. The molecule has 0 aromatic rings. The first-order valence-electron chi connectivity index (χ1n) is 8.13. The molecule has 2 aliphatic rings. The van der Waals surface area contributed by atoms with Crippen molar-refractivity contribution in [2.75, 3.05) is 13.2 Å². The zero-order valence-electron chi connectivity index (χ0n) is 12.3. The van der Waals surface area contributed by atoms with Crippen molar-refractivity contribution in [3.05, 3.63) is 0 Å². The Hall–Kier alpha value is -0.0800. The lowest BCUT2D eigenvalue weighted by Crippen LogP contribution is -2.32. The van der Waals surface area contributed by atoms with E-state index in [1.165, 1.54) is 51.4 Å². The molecule has 0 saturated heterocycles. The van der Waals surface area contributed by atoms with E-state index in [0.29, 0.717) is 6.10 Å². The summed E-state index contributed by atoms with van der Waals surface area (Å²) >= 11 is 0. The van der Waals surface area contributed by atoms with E-state index < -0.39 is 0 Å². The van der Waals surface area contributed by atoms with Crippen molar-refractivity contribution in [1.82, 2.24) is 5.32 Å². The van der Waals surface area contributed by atoms with Crippen LogP contribution in [-0.2, 0) is 4.74 Å². The van der Waals surface area contributed by atoms with E-state index >= 15 is 0 Å². The van der Waals surface area contributed by atoms with Gasteiger partial charge in [0, 0.05) is 19.2 Å². The highest BCUT2D eigenvalue weighted by Gasteiger charge is 2.23. The molecule has 0 aliphatic heterocycles. The van der Waals surface area contributed by atoms with Crippen LogP contribution in [-0.4, -0.2) is 25.3 Å². The summed E-state index contributed by atoms with van der Waals surface area (Å²) in [6.45, 7) is 6.72. The van der Waals surface area contributed by atoms with E-state index in [2.05, 4.69) is 19.2 Å². The quantitative estimate of drug-likeness (QED) is 0.711. The summed E-state index contributed by atoms with van der Waals surface area (Å²) in [5.74, 6) is 1.75. The Morgan fingerprint density at radius 1 is 1.22 bits per heavy atom. The maximum Gasteiger partial charge on any atom is 0.0699 e. The monoisotopic (exact) mass is 253 g/mol. The second-order valence-electron chi connectivity index (χ2n) is 6.56. The van der Waals surface area contributed by atoms with Gasteiger partial charge in [0.05, 0.1) is 6.10 Å². The molecule has 2 saturated carbocycles. The summed E-state index contributed by atoms with van der Waals surface area (Å²) in [4.78, 5) is 0. The molecule has 0 spiro atoms. The van der Waals surface area contributed by atoms with Gasteiger partial charge in [0.15, 0.2) is 0 Å². The molecule has 0 amide bonds. The molecular weight excluding hydrogens is 222 g/mol. The van der Waals surface area contributed by atoms with Crippen molar-refractivity contribution in [2.45, 2.75) is 77.4 Å². The fourth-order valence-corrected chi connectivity index (χ4v) is 3.14. The SMILES string of the molecule is CCCC(CNC1CC1)OCC1CCCC(C)C1. The smallest absolute Gasteiger partial charge is 0.0699 e. The van der Waals surface area contributed by atoms with Gasteiger partial charge in [0.2, 0.25) is 0 Å². The Bertz CT molecular complexity index is 227. The van der Waals surface area contributed by atoms with Gasteiger partial charge >= 0.3 is 0 Å². The highest BCUT2D eigenvalue weighted by Crippen LogP contribution is 2.29. The van der Waals surface area contributed by atoms with Gasteiger partial charge in [0.25, 0.3) is 0 Å². The normalized spacial score (nSPS) is 30.3. The molecule has 1 N–H and O–H groups in total. The fourth-order valence-electron chi connectivity index (χ4n) is 3.14. The lowest BCUT2D eigenvalue weighted by atomic mass is 9.83. The van der Waals surface area contributed by atoms with E-state index in [1.807, 2.05) is 0 Å². The van der Waals surface area contributed by atoms with Gasteiger partial charge < -0.3 is 10.1 Å². The van der Waals surface area contributed by atoms with Crippen LogP contribution in [0, 0.1) is 11.8 Å². The van der Waals surface area contributed by atoms with Gasteiger partial charge in [-0.3, -0.25) is 0 Å². The molecule has 2 rings (SSSR count). The van der Waals surface area contributed by atoms with Crippen LogP contribution >= 0.6 is 0 Å². The van der Waals surface area contributed by atoms with Crippen LogP contribution in [0.5, 0.6) is 0 Å². The molecule has 0 heterocycles. The molecule has 3 unspecified atom stereocenters. The summed E-state index contributed by atoms with van der Waals surface area (Å²) in [6, 6.07) is 0.808. The number of nitrogens with one attached hydrogen (secondary N) is 1. The zero-order valence-corrected chi connectivity index (χ0v) is 12.3. The third-order valence-electron chi connectivity index (χ3n) is 4.43. The maximum absolute atomic E-state index is 6.19. The first-order chi connectivity index (χ1) is 8.78. The lowest BCUT2D eigenvalue weighted by Gasteiger charge is -2.28. The van der Waals surface area contributed by atoms with Crippen LogP contribution < -0.4 is 5.32 Å². The zero-order chi connectivity index (χ0) is 12.8. The second kappa shape index (κ2) is 7.49. The summed E-state index contributed by atoms with van der Waals surface area (Å²) in [6.07, 6.45) is 11.3. The van der Waals surface area contributed by atoms with Gasteiger partial charge in [-0.15, -0.1) is 0 Å². The summed E-state index contributed by atoms with van der Waals surface area (Å²) < 4.78 is 6.19. The van der Waals surface area contributed by atoms with Crippen LogP contribution in [0.25, 0.3) is 0 Å². The highest BCUT2D eigenvalue weighted by atomic mass is 16.5. The second-order valence-corrected chi connectivity index (χ2v) is 6.56. The van der Waals surface area contributed by atoms with Gasteiger partial charge in [-0.05, 0) is 43.9 Å². The fraction of sp³-hybridized carbons (Fsp3) is 1.00. The van der Waals surface area contributed by atoms with Crippen LogP contribution in [0.15, 0.2) is 0 Å². The van der Waals surface area contributed by atoms with Crippen LogP contribution in [0.3, 0.4) is 0 Å². The van der Waals surface area contributed by atoms with Crippen LogP contribution in [0.2, 0.25) is 0 Å². The molecule has 18 heavy (non-hydrogen) atoms. The summed E-state index contributed by atoms with van der Waals surface area (Å²) in [7, 11) is 0. The molecule has 106 valence electrons. The van der Waals surface area contributed by atoms with Crippen molar-refractivity contribution in [2.24, 2.45) is 11.8 Å². The third kappa shape index (κ3) is 5.27. The van der Waals surface area contributed by atoms with Crippen molar-refractivity contribution < 1.29 is 4.74 Å². The molecular formula is C16H31NO. The van der Waals surface area contributed by atoms with Crippen molar-refractivity contribution >= 4 is 0 Å². The predicted octanol–water partition coefficient (Wildman–Crippen LogP) is 3.75. The van der Waals surface area contributed by atoms with E-state index in [1.54, 1.807) is 0 Å². The van der Waals surface area contributed by atoms with E-state index in [-0.39, 0.29) is 0 Å². The van der Waals surface area contributed by atoms with Gasteiger partial charge in [0.1, 0.15) is 0 Å². The van der Waals surface area contributed by atoms with Gasteiger partial charge in [-0.2, -0.15) is 0 Å². The average Bonchev–Trinajstić information content (AvgIpc) is 3.17. The standard InChI is InChI=1S/C16H31NO/c1-3-5-16(11-17-15-8-9-15)18-12-14-7-4-6-13(2)10-14/h13-17H,3-12H2,1-2H3. The first kappa shape index (κ1) is 14.3. The Balaban J connectivity index is 1.63. The molecule has 2 fully saturated rings. The predicted molar refractivity (Wildman–Crippen MR) is 76.8 cm³/mol. The summed E-state index contributed by atoms with van der Waals surface area (Å²) in [5, 5.41) is 3.61. The highest BCUT2D eigenvalue weighted by molar-refractivity contribution is 4.82. The number of hydrogen-bond donors (Lipinski definition) is 1. The maximum atomic E-state index is 6.19. The molecule has 0 aromatic heterocycles. The molecule has 0 radical (unpaired) electrons. The topological polar surface area (TPSA) is 21.3 Å². The first-order valence-corrected chi connectivity index (χ1v) is 8.13. The van der Waals surface area contributed by atoms with Crippen molar-refractivity contribution in [3.63, 3.8) is 0 Å². The van der Waals surface area contributed by atoms with Crippen molar-refractivity contribution in [1.29, 1.82) is 0 Å². The minimum absolute atomic E-state index is 0.452. The van der Waals surface area contributed by atoms with Gasteiger partial charge in [-0.1, -0.05) is 33.1 Å². The largest absolute Gasteiger partial charge is 0.377 e. The minimum Gasteiger partial charge on any atom is -0.377 e. The molecule has 2 aliphatic carbocycles. The molecule has 3 atom stereocenters. The Labute approximate surface area is 113 Å². The Kier molecular flexibility index (Phi) is 5.97. The Morgan fingerprint density at radius 2 is 2.06 bits per heavy atom. The van der Waals surface area contributed by atoms with E-state index in [4.69, 9.17) is 4.74 Å². The van der Waals surface area contributed by atoms with Gasteiger partial charge in [-0.25, -0.2) is 0 Å². The minimum atomic E-state index is 0.452. The number of ether oxygens (including phenoxy) is 1. The Morgan fingerprint density at radius 3 is 2.72 bits per heavy atom. The van der Waals surface area contributed by atoms with Crippen LogP contribution in [0.4, 0.5) is 0 Å².